The Hall–Kier alpha value is -1.99. The zero-order valence-corrected chi connectivity index (χ0v) is 13.4. The summed E-state index contributed by atoms with van der Waals surface area (Å²) in [6.07, 6.45) is 1.89. The fraction of sp³-hybridized carbons (Fsp3) is 0.562. The molecule has 1 aromatic carbocycles. The average Bonchev–Trinajstić information content (AvgIpc) is 2.55. The molecule has 7 nitrogen and oxygen atoms in total. The van der Waals surface area contributed by atoms with Gasteiger partial charge in [0.05, 0.1) is 18.1 Å². The predicted molar refractivity (Wildman–Crippen MR) is 86.7 cm³/mol. The summed E-state index contributed by atoms with van der Waals surface area (Å²) < 4.78 is 5.30. The molecular weight excluding hydrogens is 298 g/mol. The molecule has 1 fully saturated rings. The number of rotatable bonds is 7. The van der Waals surface area contributed by atoms with Crippen molar-refractivity contribution < 1.29 is 14.5 Å². The number of hydrogen-bond acceptors (Lipinski definition) is 5. The molecule has 1 aliphatic heterocycles. The van der Waals surface area contributed by atoms with E-state index in [4.69, 9.17) is 4.74 Å². The Balaban J connectivity index is 1.72. The molecule has 0 spiro atoms. The van der Waals surface area contributed by atoms with Crippen LogP contribution in [-0.4, -0.2) is 55.1 Å². The summed E-state index contributed by atoms with van der Waals surface area (Å²) in [7, 11) is 0. The van der Waals surface area contributed by atoms with Gasteiger partial charge >= 0.3 is 0 Å². The molecule has 1 N–H and O–H groups in total. The number of benzene rings is 1. The third kappa shape index (κ3) is 5.30. The van der Waals surface area contributed by atoms with Crippen LogP contribution in [0, 0.1) is 17.0 Å². The minimum absolute atomic E-state index is 0.0232. The van der Waals surface area contributed by atoms with Crippen molar-refractivity contribution >= 4 is 11.6 Å². The summed E-state index contributed by atoms with van der Waals surface area (Å²) in [5.74, 6) is -0.264. The highest BCUT2D eigenvalue weighted by Crippen LogP contribution is 2.19. The van der Waals surface area contributed by atoms with E-state index < -0.39 is 4.92 Å². The Labute approximate surface area is 135 Å². The van der Waals surface area contributed by atoms with Crippen LogP contribution in [0.2, 0.25) is 0 Å². The highest BCUT2D eigenvalue weighted by atomic mass is 16.6. The van der Waals surface area contributed by atoms with Crippen LogP contribution in [0.15, 0.2) is 18.2 Å². The Morgan fingerprint density at radius 1 is 1.35 bits per heavy atom. The lowest BCUT2D eigenvalue weighted by molar-refractivity contribution is -0.385. The van der Waals surface area contributed by atoms with Gasteiger partial charge in [0.15, 0.2) is 0 Å². The molecule has 0 atom stereocenters. The van der Waals surface area contributed by atoms with Crippen LogP contribution in [0.1, 0.15) is 28.8 Å². The Morgan fingerprint density at radius 2 is 2.09 bits per heavy atom. The third-order valence-electron chi connectivity index (χ3n) is 3.96. The van der Waals surface area contributed by atoms with Crippen molar-refractivity contribution in [1.29, 1.82) is 0 Å². The maximum Gasteiger partial charge on any atom is 0.273 e. The lowest BCUT2D eigenvalue weighted by Gasteiger charge is -2.26. The summed E-state index contributed by atoms with van der Waals surface area (Å²) in [5.41, 5.74) is 0.859. The van der Waals surface area contributed by atoms with Crippen molar-refractivity contribution in [2.45, 2.75) is 19.8 Å². The maximum atomic E-state index is 12.0. The monoisotopic (exact) mass is 321 g/mol. The van der Waals surface area contributed by atoms with Gasteiger partial charge < -0.3 is 10.1 Å². The molecule has 1 aliphatic rings. The molecule has 1 saturated heterocycles. The molecular formula is C16H23N3O4. The molecule has 0 aliphatic carbocycles. The van der Waals surface area contributed by atoms with Crippen LogP contribution < -0.4 is 5.32 Å². The van der Waals surface area contributed by atoms with Gasteiger partial charge in [0.1, 0.15) is 0 Å². The zero-order chi connectivity index (χ0) is 16.7. The van der Waals surface area contributed by atoms with Crippen LogP contribution in [0.4, 0.5) is 5.69 Å². The number of unbranched alkanes of at least 4 members (excludes halogenated alkanes) is 1. The number of nitro groups is 1. The highest BCUT2D eigenvalue weighted by molar-refractivity contribution is 5.94. The first-order chi connectivity index (χ1) is 11.1. The molecule has 0 saturated carbocycles. The smallest absolute Gasteiger partial charge is 0.273 e. The number of aryl methyl sites for hydroxylation is 1. The van der Waals surface area contributed by atoms with Gasteiger partial charge in [-0.05, 0) is 32.4 Å². The number of carbonyl (C=O) groups is 1. The second kappa shape index (κ2) is 8.59. The summed E-state index contributed by atoms with van der Waals surface area (Å²) in [6, 6.07) is 4.55. The number of nitrogens with zero attached hydrogens (tertiary/aromatic N) is 2. The Morgan fingerprint density at radius 3 is 2.78 bits per heavy atom. The van der Waals surface area contributed by atoms with Crippen molar-refractivity contribution in [3.63, 3.8) is 0 Å². The molecule has 0 aromatic heterocycles. The van der Waals surface area contributed by atoms with Crippen molar-refractivity contribution in [3.05, 3.63) is 39.4 Å². The van der Waals surface area contributed by atoms with Crippen molar-refractivity contribution in [2.24, 2.45) is 0 Å². The molecule has 126 valence electrons. The molecule has 0 bridgehead atoms. The van der Waals surface area contributed by atoms with Gasteiger partial charge in [0.25, 0.3) is 11.6 Å². The van der Waals surface area contributed by atoms with Crippen molar-refractivity contribution in [1.82, 2.24) is 10.2 Å². The number of nitrogens with one attached hydrogen (secondary N) is 1. The van der Waals surface area contributed by atoms with Gasteiger partial charge in [-0.1, -0.05) is 6.07 Å². The number of carbonyl (C=O) groups excluding carboxylic acids is 1. The number of ether oxygens (including phenoxy) is 1. The quantitative estimate of drug-likeness (QED) is 0.470. The number of hydrogen-bond donors (Lipinski definition) is 1. The first kappa shape index (κ1) is 17.4. The van der Waals surface area contributed by atoms with Crippen LogP contribution in [-0.2, 0) is 4.74 Å². The normalized spacial score (nSPS) is 15.3. The molecule has 23 heavy (non-hydrogen) atoms. The van der Waals surface area contributed by atoms with Gasteiger partial charge in [0.2, 0.25) is 0 Å². The second-order valence-electron chi connectivity index (χ2n) is 5.68. The van der Waals surface area contributed by atoms with Crippen molar-refractivity contribution in [2.75, 3.05) is 39.4 Å². The van der Waals surface area contributed by atoms with Crippen molar-refractivity contribution in [3.8, 4) is 0 Å². The van der Waals surface area contributed by atoms with Crippen LogP contribution in [0.3, 0.4) is 0 Å². The maximum absolute atomic E-state index is 12.0. The molecule has 7 heteroatoms. The summed E-state index contributed by atoms with van der Waals surface area (Å²) in [5, 5.41) is 13.7. The zero-order valence-electron chi connectivity index (χ0n) is 13.4. The standard InChI is InChI=1S/C16H23N3O4/c1-13-4-5-14(12-15(13)19(21)22)16(20)17-6-2-3-7-18-8-10-23-11-9-18/h4-5,12H,2-3,6-11H2,1H3,(H,17,20). The van der Waals surface area contributed by atoms with Gasteiger partial charge in [-0.3, -0.25) is 19.8 Å². The highest BCUT2D eigenvalue weighted by Gasteiger charge is 2.14. The second-order valence-corrected chi connectivity index (χ2v) is 5.68. The lowest BCUT2D eigenvalue weighted by Crippen LogP contribution is -2.37. The minimum atomic E-state index is -0.464. The van der Waals surface area contributed by atoms with E-state index in [-0.39, 0.29) is 11.6 Å². The van der Waals surface area contributed by atoms with Gasteiger partial charge in [-0.2, -0.15) is 0 Å². The SMILES string of the molecule is Cc1ccc(C(=O)NCCCCN2CCOCC2)cc1[N+](=O)[O-]. The minimum Gasteiger partial charge on any atom is -0.379 e. The van der Waals surface area contributed by atoms with Gasteiger partial charge in [-0.15, -0.1) is 0 Å². The fourth-order valence-corrected chi connectivity index (χ4v) is 2.54. The largest absolute Gasteiger partial charge is 0.379 e. The van der Waals surface area contributed by atoms with E-state index in [0.717, 1.165) is 45.7 Å². The van der Waals surface area contributed by atoms with Crippen LogP contribution in [0.25, 0.3) is 0 Å². The van der Waals surface area contributed by atoms with E-state index in [1.807, 2.05) is 0 Å². The Bertz CT molecular complexity index is 556. The molecule has 1 amide bonds. The summed E-state index contributed by atoms with van der Waals surface area (Å²) in [6.45, 7) is 6.77. The number of morpholine rings is 1. The predicted octanol–water partition coefficient (Wildman–Crippen LogP) is 1.75. The van der Waals surface area contributed by atoms with E-state index >= 15 is 0 Å². The first-order valence-electron chi connectivity index (χ1n) is 7.91. The summed E-state index contributed by atoms with van der Waals surface area (Å²) >= 11 is 0. The van der Waals surface area contributed by atoms with Gasteiger partial charge in [0, 0.05) is 36.8 Å². The molecule has 0 unspecified atom stereocenters. The number of nitro benzene ring substituents is 1. The number of amides is 1. The Kier molecular flexibility index (Phi) is 6.49. The molecule has 1 heterocycles. The molecule has 1 aromatic rings. The van der Waals surface area contributed by atoms with E-state index in [2.05, 4.69) is 10.2 Å². The van der Waals surface area contributed by atoms with Crippen LogP contribution in [0.5, 0.6) is 0 Å². The third-order valence-corrected chi connectivity index (χ3v) is 3.96. The van der Waals surface area contributed by atoms with Crippen LogP contribution >= 0.6 is 0 Å². The van der Waals surface area contributed by atoms with E-state index in [1.54, 1.807) is 19.1 Å². The lowest BCUT2D eigenvalue weighted by atomic mass is 10.1. The van der Waals surface area contributed by atoms with Gasteiger partial charge in [-0.25, -0.2) is 0 Å². The van der Waals surface area contributed by atoms with E-state index in [0.29, 0.717) is 17.7 Å². The molecule has 0 radical (unpaired) electrons. The average molecular weight is 321 g/mol. The fourth-order valence-electron chi connectivity index (χ4n) is 2.54. The summed E-state index contributed by atoms with van der Waals surface area (Å²) in [4.78, 5) is 24.8. The topological polar surface area (TPSA) is 84.7 Å². The van der Waals surface area contributed by atoms with E-state index in [1.165, 1.54) is 6.07 Å². The molecule has 2 rings (SSSR count). The first-order valence-corrected chi connectivity index (χ1v) is 7.91. The van der Waals surface area contributed by atoms with E-state index in [9.17, 15) is 14.9 Å².